The Labute approximate surface area is 94.0 Å². The number of aliphatic hydroxyl groups is 1. The largest absolute Gasteiger partial charge is 0.462 e. The smallest absolute Gasteiger partial charge is 0.306 e. The third-order valence-electron chi connectivity index (χ3n) is 2.39. The van der Waals surface area contributed by atoms with Crippen LogP contribution >= 0.6 is 0 Å². The van der Waals surface area contributed by atoms with Crippen LogP contribution in [0.2, 0.25) is 0 Å². The Morgan fingerprint density at radius 1 is 1.31 bits per heavy atom. The van der Waals surface area contributed by atoms with Gasteiger partial charge in [0.1, 0.15) is 12.7 Å². The number of cyclic esters (lactones) is 1. The Kier molecular flexibility index (Phi) is 3.23. The summed E-state index contributed by atoms with van der Waals surface area (Å²) in [6.45, 7) is -0.0476. The molecule has 3 nitrogen and oxygen atoms in total. The first-order valence-corrected chi connectivity index (χ1v) is 5.19. The molecule has 0 unspecified atom stereocenters. The number of hydrogen-bond acceptors (Lipinski definition) is 3. The first-order chi connectivity index (χ1) is 7.75. The van der Waals surface area contributed by atoms with Gasteiger partial charge in [0, 0.05) is 12.0 Å². The Bertz CT molecular complexity index is 454. The predicted octanol–water partition coefficient (Wildman–Crippen LogP) is 0.888. The molecule has 0 radical (unpaired) electrons. The highest BCUT2D eigenvalue weighted by Crippen LogP contribution is 2.11. The van der Waals surface area contributed by atoms with Crippen molar-refractivity contribution in [3.05, 3.63) is 35.4 Å². The minimum Gasteiger partial charge on any atom is -0.462 e. The Morgan fingerprint density at radius 2 is 2.12 bits per heavy atom. The van der Waals surface area contributed by atoms with Gasteiger partial charge in [0.25, 0.3) is 0 Å². The van der Waals surface area contributed by atoms with Gasteiger partial charge >= 0.3 is 5.97 Å². The van der Waals surface area contributed by atoms with Crippen molar-refractivity contribution in [1.82, 2.24) is 0 Å². The predicted molar refractivity (Wildman–Crippen MR) is 58.6 cm³/mol. The van der Waals surface area contributed by atoms with E-state index in [2.05, 4.69) is 11.8 Å². The molecular weight excluding hydrogens is 204 g/mol. The van der Waals surface area contributed by atoms with E-state index in [0.29, 0.717) is 12.8 Å². The van der Waals surface area contributed by atoms with Crippen LogP contribution in [0, 0.1) is 11.8 Å². The van der Waals surface area contributed by atoms with Gasteiger partial charge in [0.05, 0.1) is 0 Å². The molecule has 1 aliphatic heterocycles. The van der Waals surface area contributed by atoms with Gasteiger partial charge in [-0.25, -0.2) is 0 Å². The topological polar surface area (TPSA) is 46.5 Å². The number of aryl methyl sites for hydroxylation is 1. The summed E-state index contributed by atoms with van der Waals surface area (Å²) in [4.78, 5) is 11.3. The van der Waals surface area contributed by atoms with Crippen LogP contribution in [0.3, 0.4) is 0 Å². The van der Waals surface area contributed by atoms with E-state index in [1.54, 1.807) is 0 Å². The number of aliphatic hydroxyl groups excluding tert-OH is 1. The van der Waals surface area contributed by atoms with Crippen molar-refractivity contribution in [3.8, 4) is 11.8 Å². The lowest BCUT2D eigenvalue weighted by Gasteiger charge is -2.09. The van der Waals surface area contributed by atoms with E-state index in [9.17, 15) is 9.90 Å². The molecule has 1 heterocycles. The average Bonchev–Trinajstić information content (AvgIpc) is 2.31. The van der Waals surface area contributed by atoms with E-state index in [4.69, 9.17) is 4.74 Å². The van der Waals surface area contributed by atoms with Crippen molar-refractivity contribution in [2.24, 2.45) is 0 Å². The second kappa shape index (κ2) is 4.82. The standard InChI is InChI=1S/C13H12O3/c14-12-7-5-10-3-1-2-4-11(10)6-8-13(15)16-9-12/h1-4,12,14H,6,8-9H2/t12-/m0/s1. The van der Waals surface area contributed by atoms with Gasteiger partial charge in [0.2, 0.25) is 0 Å². The Hall–Kier alpha value is -1.79. The second-order valence-corrected chi connectivity index (χ2v) is 3.63. The van der Waals surface area contributed by atoms with Crippen LogP contribution in [-0.2, 0) is 16.0 Å². The molecule has 1 aliphatic rings. The van der Waals surface area contributed by atoms with Crippen molar-refractivity contribution in [3.63, 3.8) is 0 Å². The zero-order valence-electron chi connectivity index (χ0n) is 8.77. The van der Waals surface area contributed by atoms with Crippen molar-refractivity contribution < 1.29 is 14.6 Å². The molecule has 3 heteroatoms. The van der Waals surface area contributed by atoms with Crippen molar-refractivity contribution in [1.29, 1.82) is 0 Å². The van der Waals surface area contributed by atoms with Crippen LogP contribution in [-0.4, -0.2) is 23.8 Å². The van der Waals surface area contributed by atoms with Crippen LogP contribution in [0.4, 0.5) is 0 Å². The molecule has 0 saturated carbocycles. The van der Waals surface area contributed by atoms with Gasteiger partial charge in [-0.3, -0.25) is 4.79 Å². The molecule has 82 valence electrons. The van der Waals surface area contributed by atoms with Crippen molar-refractivity contribution in [2.45, 2.75) is 18.9 Å². The van der Waals surface area contributed by atoms with Crippen LogP contribution in [0.5, 0.6) is 0 Å². The summed E-state index contributed by atoms with van der Waals surface area (Å²) < 4.78 is 4.85. The van der Waals surface area contributed by atoms with Gasteiger partial charge in [0.15, 0.2) is 0 Å². The number of benzene rings is 1. The van der Waals surface area contributed by atoms with E-state index < -0.39 is 6.10 Å². The first-order valence-electron chi connectivity index (χ1n) is 5.19. The minimum atomic E-state index is -0.907. The minimum absolute atomic E-state index is 0.0476. The fourth-order valence-corrected chi connectivity index (χ4v) is 1.54. The highest BCUT2D eigenvalue weighted by molar-refractivity contribution is 5.70. The van der Waals surface area contributed by atoms with Crippen molar-refractivity contribution >= 4 is 5.97 Å². The third kappa shape index (κ3) is 2.62. The van der Waals surface area contributed by atoms with E-state index in [-0.39, 0.29) is 12.6 Å². The number of ether oxygens (including phenoxy) is 1. The number of rotatable bonds is 0. The summed E-state index contributed by atoms with van der Waals surface area (Å²) in [5.74, 6) is 5.27. The van der Waals surface area contributed by atoms with Gasteiger partial charge in [-0.1, -0.05) is 30.0 Å². The molecule has 0 aliphatic carbocycles. The van der Waals surface area contributed by atoms with Gasteiger partial charge < -0.3 is 9.84 Å². The first kappa shape index (κ1) is 10.7. The van der Waals surface area contributed by atoms with Crippen LogP contribution < -0.4 is 0 Å². The summed E-state index contributed by atoms with van der Waals surface area (Å²) in [5.41, 5.74) is 1.89. The number of hydrogen-bond donors (Lipinski definition) is 1. The van der Waals surface area contributed by atoms with E-state index >= 15 is 0 Å². The molecular formula is C13H12O3. The Balaban J connectivity index is 2.33. The summed E-state index contributed by atoms with van der Waals surface area (Å²) in [6.07, 6.45) is 0.0423. The van der Waals surface area contributed by atoms with E-state index in [1.165, 1.54) is 0 Å². The zero-order valence-corrected chi connectivity index (χ0v) is 8.77. The second-order valence-electron chi connectivity index (χ2n) is 3.63. The molecule has 0 amide bonds. The average molecular weight is 216 g/mol. The molecule has 1 N–H and O–H groups in total. The molecule has 0 fully saturated rings. The molecule has 0 bridgehead atoms. The van der Waals surface area contributed by atoms with Crippen LogP contribution in [0.15, 0.2) is 24.3 Å². The lowest BCUT2D eigenvalue weighted by atomic mass is 10.0. The highest BCUT2D eigenvalue weighted by Gasteiger charge is 2.10. The van der Waals surface area contributed by atoms with Crippen molar-refractivity contribution in [2.75, 3.05) is 6.61 Å². The molecule has 1 aromatic rings. The number of esters is 1. The maximum absolute atomic E-state index is 11.3. The van der Waals surface area contributed by atoms with Gasteiger partial charge in [-0.2, -0.15) is 0 Å². The maximum Gasteiger partial charge on any atom is 0.306 e. The highest BCUT2D eigenvalue weighted by atomic mass is 16.5. The zero-order chi connectivity index (χ0) is 11.4. The number of carbonyl (C=O) groups is 1. The summed E-state index contributed by atoms with van der Waals surface area (Å²) >= 11 is 0. The normalized spacial score (nSPS) is 20.1. The molecule has 2 rings (SSSR count). The lowest BCUT2D eigenvalue weighted by molar-refractivity contribution is -0.145. The van der Waals surface area contributed by atoms with Gasteiger partial charge in [-0.05, 0) is 18.1 Å². The lowest BCUT2D eigenvalue weighted by Crippen LogP contribution is -2.18. The molecule has 0 saturated heterocycles. The summed E-state index contributed by atoms with van der Waals surface area (Å²) in [5, 5.41) is 9.42. The molecule has 1 aromatic carbocycles. The molecule has 1 atom stereocenters. The number of carbonyl (C=O) groups excluding carboxylic acids is 1. The van der Waals surface area contributed by atoms with Crippen LogP contribution in [0.1, 0.15) is 17.5 Å². The van der Waals surface area contributed by atoms with E-state index in [0.717, 1.165) is 11.1 Å². The SMILES string of the molecule is O=C1CCc2ccccc2C#C[C@H](O)CO1. The Morgan fingerprint density at radius 3 is 3.00 bits per heavy atom. The molecule has 0 spiro atoms. The van der Waals surface area contributed by atoms with Gasteiger partial charge in [-0.15, -0.1) is 0 Å². The fourth-order valence-electron chi connectivity index (χ4n) is 1.54. The van der Waals surface area contributed by atoms with Crippen LogP contribution in [0.25, 0.3) is 0 Å². The molecule has 0 aromatic heterocycles. The monoisotopic (exact) mass is 216 g/mol. The fraction of sp³-hybridized carbons (Fsp3) is 0.308. The summed E-state index contributed by atoms with van der Waals surface area (Å²) in [7, 11) is 0. The van der Waals surface area contributed by atoms with E-state index in [1.807, 2.05) is 24.3 Å². The summed E-state index contributed by atoms with van der Waals surface area (Å²) in [6, 6.07) is 7.63. The third-order valence-corrected chi connectivity index (χ3v) is 2.39. The number of fused-ring (bicyclic) bond motifs is 1. The quantitative estimate of drug-likeness (QED) is 0.517. The molecule has 16 heavy (non-hydrogen) atoms. The maximum atomic E-state index is 11.3.